The third kappa shape index (κ3) is 19.8. The van der Waals surface area contributed by atoms with Gasteiger partial charge in [0.05, 0.1) is 31.6 Å². The van der Waals surface area contributed by atoms with Gasteiger partial charge in [0.15, 0.2) is 0 Å². The predicted octanol–water partition coefficient (Wildman–Crippen LogP) is 9.75. The molecule has 0 saturated heterocycles. The Labute approximate surface area is 237 Å². The van der Waals surface area contributed by atoms with E-state index in [-0.39, 0.29) is 4.90 Å². The summed E-state index contributed by atoms with van der Waals surface area (Å²) in [5.41, 5.74) is 0.340. The molecule has 0 fully saturated rings. The van der Waals surface area contributed by atoms with Gasteiger partial charge in [0, 0.05) is 0 Å². The van der Waals surface area contributed by atoms with Crippen LogP contribution in [0.4, 0.5) is 0 Å². The molecule has 1 aromatic rings. The summed E-state index contributed by atoms with van der Waals surface area (Å²) in [6, 6.07) is 5.93. The molecule has 1 aromatic carbocycles. The van der Waals surface area contributed by atoms with E-state index in [1.165, 1.54) is 164 Å². The van der Waals surface area contributed by atoms with E-state index in [0.717, 1.165) is 0 Å². The summed E-state index contributed by atoms with van der Waals surface area (Å²) in [7, 11) is -1.81. The van der Waals surface area contributed by atoms with Gasteiger partial charge in [0.2, 0.25) is 0 Å². The summed E-state index contributed by atoms with van der Waals surface area (Å²) in [4.78, 5) is -0.222. The smallest absolute Gasteiger partial charge is 0.125 e. The van der Waals surface area contributed by atoms with E-state index in [1.807, 2.05) is 0 Å². The second-order valence-corrected chi connectivity index (χ2v) is 12.6. The van der Waals surface area contributed by atoms with E-state index in [2.05, 4.69) is 34.4 Å². The van der Waals surface area contributed by atoms with Gasteiger partial charge < -0.3 is 9.04 Å². The normalized spacial score (nSPS) is 11.7. The first-order valence-electron chi connectivity index (χ1n) is 15.7. The van der Waals surface area contributed by atoms with Crippen LogP contribution in [-0.2, 0) is 10.1 Å². The van der Waals surface area contributed by atoms with Crippen molar-refractivity contribution in [3.63, 3.8) is 0 Å². The van der Waals surface area contributed by atoms with Gasteiger partial charge in [0.1, 0.15) is 10.1 Å². The SMILES string of the molecule is C=Cc1ccccc1S(=O)(=O)[O-].CCCCCCCC[N+](C)(CCCCCCCC)CCCCCCCC. The first-order valence-corrected chi connectivity index (χ1v) is 17.2. The van der Waals surface area contributed by atoms with E-state index in [1.54, 1.807) is 6.07 Å². The van der Waals surface area contributed by atoms with E-state index >= 15 is 0 Å². The highest BCUT2D eigenvalue weighted by molar-refractivity contribution is 7.85. The van der Waals surface area contributed by atoms with Gasteiger partial charge in [-0.25, -0.2) is 8.42 Å². The summed E-state index contributed by atoms with van der Waals surface area (Å²) < 4.78 is 33.2. The van der Waals surface area contributed by atoms with E-state index in [0.29, 0.717) is 5.56 Å². The summed E-state index contributed by atoms with van der Waals surface area (Å²) >= 11 is 0. The van der Waals surface area contributed by atoms with Crippen molar-refractivity contribution in [2.75, 3.05) is 26.7 Å². The zero-order valence-corrected chi connectivity index (χ0v) is 26.3. The molecule has 0 atom stereocenters. The van der Waals surface area contributed by atoms with Crippen LogP contribution in [0.1, 0.15) is 142 Å². The second kappa shape index (κ2) is 23.7. The van der Waals surface area contributed by atoms with Crippen LogP contribution in [0.3, 0.4) is 0 Å². The van der Waals surface area contributed by atoms with Gasteiger partial charge >= 0.3 is 0 Å². The van der Waals surface area contributed by atoms with Crippen molar-refractivity contribution in [3.8, 4) is 0 Å². The molecule has 0 spiro atoms. The lowest BCUT2D eigenvalue weighted by atomic mass is 10.1. The fraction of sp³-hybridized carbons (Fsp3) is 0.758. The molecule has 0 amide bonds. The average molecular weight is 552 g/mol. The third-order valence-corrected chi connectivity index (χ3v) is 8.47. The van der Waals surface area contributed by atoms with Crippen molar-refractivity contribution >= 4 is 16.2 Å². The first kappa shape index (κ1) is 36.8. The van der Waals surface area contributed by atoms with Crippen molar-refractivity contribution in [3.05, 3.63) is 36.4 Å². The highest BCUT2D eigenvalue weighted by Gasteiger charge is 2.20. The summed E-state index contributed by atoms with van der Waals surface area (Å²) in [6.45, 7) is 14.6. The summed E-state index contributed by atoms with van der Waals surface area (Å²) in [5, 5.41) is 0. The highest BCUT2D eigenvalue weighted by Crippen LogP contribution is 2.17. The molecule has 1 rings (SSSR count). The van der Waals surface area contributed by atoms with E-state index in [4.69, 9.17) is 0 Å². The largest absolute Gasteiger partial charge is 0.744 e. The molecule has 0 saturated carbocycles. The van der Waals surface area contributed by atoms with Crippen LogP contribution in [0.2, 0.25) is 0 Å². The Balaban J connectivity index is 0.000000942. The molecule has 38 heavy (non-hydrogen) atoms. The Morgan fingerprint density at radius 2 is 1.00 bits per heavy atom. The van der Waals surface area contributed by atoms with Crippen LogP contribution in [0.5, 0.6) is 0 Å². The van der Waals surface area contributed by atoms with Gasteiger partial charge in [-0.1, -0.05) is 129 Å². The Morgan fingerprint density at radius 3 is 1.32 bits per heavy atom. The number of nitrogens with zero attached hydrogens (tertiary/aromatic N) is 1. The average Bonchev–Trinajstić information content (AvgIpc) is 2.90. The Morgan fingerprint density at radius 1 is 0.658 bits per heavy atom. The standard InChI is InChI=1S/C25H54N.C8H8O3S/c1-5-8-11-14-17-20-23-26(4,24-21-18-15-12-9-6-2)25-22-19-16-13-10-7-3;1-2-7-5-3-4-6-8(7)12(9,10)11/h5-25H2,1-4H3;2-6H,1H2,(H,9,10,11)/q+1;/p-1. The molecular formula is C33H61NO3S. The highest BCUT2D eigenvalue weighted by atomic mass is 32.2. The van der Waals surface area contributed by atoms with Crippen LogP contribution in [0, 0.1) is 0 Å². The minimum Gasteiger partial charge on any atom is -0.744 e. The Bertz CT molecular complexity index is 750. The maximum absolute atomic E-state index is 10.6. The number of rotatable bonds is 23. The minimum absolute atomic E-state index is 0.222. The molecule has 0 aliphatic heterocycles. The van der Waals surface area contributed by atoms with Crippen LogP contribution in [0.25, 0.3) is 6.08 Å². The Hall–Kier alpha value is -1.17. The van der Waals surface area contributed by atoms with Crippen LogP contribution >= 0.6 is 0 Å². The maximum atomic E-state index is 10.6. The number of quaternary nitrogens is 1. The number of hydrogen-bond donors (Lipinski definition) is 0. The lowest BCUT2D eigenvalue weighted by Gasteiger charge is -2.35. The summed E-state index contributed by atoms with van der Waals surface area (Å²) in [6.07, 6.45) is 27.2. The van der Waals surface area contributed by atoms with E-state index in [9.17, 15) is 13.0 Å². The molecule has 0 aliphatic carbocycles. The quantitative estimate of drug-likeness (QED) is 0.0772. The number of benzene rings is 1. The molecule has 0 aliphatic rings. The van der Waals surface area contributed by atoms with Gasteiger partial charge in [-0.05, 0) is 50.2 Å². The first-order chi connectivity index (χ1) is 18.2. The number of unbranched alkanes of at least 4 members (excludes halogenated alkanes) is 15. The number of hydrogen-bond acceptors (Lipinski definition) is 3. The fourth-order valence-corrected chi connectivity index (χ4v) is 5.72. The van der Waals surface area contributed by atoms with Crippen molar-refractivity contribution in [1.82, 2.24) is 0 Å². The lowest BCUT2D eigenvalue weighted by molar-refractivity contribution is -0.910. The molecule has 0 heterocycles. The molecule has 0 aromatic heterocycles. The van der Waals surface area contributed by atoms with Crippen LogP contribution < -0.4 is 0 Å². The van der Waals surface area contributed by atoms with Crippen molar-refractivity contribution in [1.29, 1.82) is 0 Å². The van der Waals surface area contributed by atoms with Gasteiger partial charge in [-0.2, -0.15) is 0 Å². The molecule has 4 nitrogen and oxygen atoms in total. The van der Waals surface area contributed by atoms with Gasteiger partial charge in [-0.3, -0.25) is 0 Å². The lowest BCUT2D eigenvalue weighted by Crippen LogP contribution is -2.46. The van der Waals surface area contributed by atoms with Crippen molar-refractivity contribution < 1.29 is 17.5 Å². The van der Waals surface area contributed by atoms with Crippen LogP contribution in [0.15, 0.2) is 35.7 Å². The molecule has 222 valence electrons. The monoisotopic (exact) mass is 551 g/mol. The molecular weight excluding hydrogens is 490 g/mol. The Kier molecular flexibility index (Phi) is 23.0. The topological polar surface area (TPSA) is 57.2 Å². The van der Waals surface area contributed by atoms with Crippen LogP contribution in [-0.4, -0.2) is 44.1 Å². The molecule has 0 radical (unpaired) electrons. The van der Waals surface area contributed by atoms with Crippen molar-refractivity contribution in [2.24, 2.45) is 0 Å². The van der Waals surface area contributed by atoms with E-state index < -0.39 is 10.1 Å². The second-order valence-electron chi connectivity index (χ2n) is 11.3. The summed E-state index contributed by atoms with van der Waals surface area (Å²) in [5.74, 6) is 0. The van der Waals surface area contributed by atoms with Gasteiger partial charge in [0.25, 0.3) is 0 Å². The van der Waals surface area contributed by atoms with Gasteiger partial charge in [-0.15, -0.1) is 0 Å². The zero-order chi connectivity index (χ0) is 28.5. The fourth-order valence-electron chi connectivity index (χ4n) is 5.03. The molecule has 5 heteroatoms. The predicted molar refractivity (Wildman–Crippen MR) is 165 cm³/mol. The zero-order valence-electron chi connectivity index (χ0n) is 25.5. The molecule has 0 unspecified atom stereocenters. The minimum atomic E-state index is -4.37. The molecule has 0 bridgehead atoms. The van der Waals surface area contributed by atoms with Crippen molar-refractivity contribution in [2.45, 2.75) is 141 Å². The third-order valence-electron chi connectivity index (χ3n) is 7.56. The maximum Gasteiger partial charge on any atom is 0.125 e. The molecule has 0 N–H and O–H groups in total.